The predicted molar refractivity (Wildman–Crippen MR) is 91.9 cm³/mol. The van der Waals surface area contributed by atoms with Gasteiger partial charge >= 0.3 is 0 Å². The minimum Gasteiger partial charge on any atom is -0.353 e. The number of hydrogen-bond acceptors (Lipinski definition) is 3. The Kier molecular flexibility index (Phi) is 5.34. The first-order valence-electron chi connectivity index (χ1n) is 7.64. The summed E-state index contributed by atoms with van der Waals surface area (Å²) in [5.41, 5.74) is 6.27. The van der Waals surface area contributed by atoms with Gasteiger partial charge in [0.05, 0.1) is 13.0 Å². The highest BCUT2D eigenvalue weighted by molar-refractivity contribution is 5.91. The van der Waals surface area contributed by atoms with E-state index >= 15 is 0 Å². The molecule has 23 heavy (non-hydrogen) atoms. The number of nitrogens with two attached hydrogens (primary N) is 1. The molecule has 122 valence electrons. The Hall–Kier alpha value is -2.40. The summed E-state index contributed by atoms with van der Waals surface area (Å²) >= 11 is 0. The highest BCUT2D eigenvalue weighted by Crippen LogP contribution is 2.18. The Bertz CT molecular complexity index is 699. The zero-order chi connectivity index (χ0) is 16.9. The van der Waals surface area contributed by atoms with Gasteiger partial charge in [-0.25, -0.2) is 0 Å². The van der Waals surface area contributed by atoms with Gasteiger partial charge in [-0.2, -0.15) is 0 Å². The summed E-state index contributed by atoms with van der Waals surface area (Å²) in [6.45, 7) is 3.98. The number of nitrogens with one attached hydrogen (secondary N) is 2. The molecule has 2 rings (SSSR count). The Morgan fingerprint density at radius 2 is 1.70 bits per heavy atom. The van der Waals surface area contributed by atoms with Crippen LogP contribution < -0.4 is 16.4 Å². The van der Waals surface area contributed by atoms with Crippen LogP contribution >= 0.6 is 0 Å². The van der Waals surface area contributed by atoms with E-state index in [0.29, 0.717) is 6.54 Å². The first-order valence-corrected chi connectivity index (χ1v) is 7.64. The third-order valence-corrected chi connectivity index (χ3v) is 3.42. The molecule has 0 aliphatic carbocycles. The average molecular weight is 313 g/mol. The quantitative estimate of drug-likeness (QED) is 0.753. The molecule has 0 bridgehead atoms. The molecule has 0 saturated carbocycles. The first-order chi connectivity index (χ1) is 10.8. The molecule has 2 aromatic carbocycles. The largest absolute Gasteiger partial charge is 0.353 e. The van der Waals surface area contributed by atoms with Crippen LogP contribution in [0.4, 0.5) is 0 Å². The molecular weight excluding hydrogens is 290 g/mol. The van der Waals surface area contributed by atoms with Crippen molar-refractivity contribution in [1.82, 2.24) is 10.6 Å². The Morgan fingerprint density at radius 3 is 2.43 bits per heavy atom. The van der Waals surface area contributed by atoms with Crippen molar-refractivity contribution in [3.05, 3.63) is 48.0 Å². The number of amides is 2. The molecule has 0 fully saturated rings. The minimum atomic E-state index is -0.470. The van der Waals surface area contributed by atoms with E-state index in [4.69, 9.17) is 5.73 Å². The van der Waals surface area contributed by atoms with Gasteiger partial charge in [-0.05, 0) is 30.2 Å². The lowest BCUT2D eigenvalue weighted by atomic mass is 10.0. The molecule has 2 aromatic rings. The van der Waals surface area contributed by atoms with Crippen LogP contribution in [0.15, 0.2) is 42.5 Å². The van der Waals surface area contributed by atoms with Crippen molar-refractivity contribution >= 4 is 22.6 Å². The number of hydrogen-bond donors (Lipinski definition) is 3. The van der Waals surface area contributed by atoms with E-state index in [0.717, 1.165) is 16.3 Å². The number of benzene rings is 2. The third-order valence-electron chi connectivity index (χ3n) is 3.42. The van der Waals surface area contributed by atoms with Crippen LogP contribution in [0.5, 0.6) is 0 Å². The summed E-state index contributed by atoms with van der Waals surface area (Å²) in [5, 5.41) is 7.49. The van der Waals surface area contributed by atoms with Gasteiger partial charge in [0.15, 0.2) is 0 Å². The lowest BCUT2D eigenvalue weighted by Crippen LogP contribution is -2.47. The number of carbonyl (C=O) groups excluding carboxylic acids is 2. The zero-order valence-corrected chi connectivity index (χ0v) is 13.6. The van der Waals surface area contributed by atoms with Gasteiger partial charge in [0.2, 0.25) is 11.8 Å². The fourth-order valence-corrected chi connectivity index (χ4v) is 2.25. The second-order valence-electron chi connectivity index (χ2n) is 6.36. The number of carbonyl (C=O) groups is 2. The maximum atomic E-state index is 12.0. The molecule has 4 N–H and O–H groups in total. The molecule has 2 amide bonds. The van der Waals surface area contributed by atoms with Gasteiger partial charge in [0.25, 0.3) is 0 Å². The second kappa shape index (κ2) is 7.24. The predicted octanol–water partition coefficient (Wildman–Crippen LogP) is 1.35. The molecule has 0 heterocycles. The van der Waals surface area contributed by atoms with Gasteiger partial charge in [-0.3, -0.25) is 9.59 Å². The van der Waals surface area contributed by atoms with Gasteiger partial charge in [0.1, 0.15) is 0 Å². The summed E-state index contributed by atoms with van der Waals surface area (Å²) in [5.74, 6) is -0.418. The lowest BCUT2D eigenvalue weighted by molar-refractivity contribution is -0.125. The lowest BCUT2D eigenvalue weighted by Gasteiger charge is -2.18. The summed E-state index contributed by atoms with van der Waals surface area (Å²) in [4.78, 5) is 23.7. The van der Waals surface area contributed by atoms with Crippen molar-refractivity contribution in [1.29, 1.82) is 0 Å². The summed E-state index contributed by atoms with van der Waals surface area (Å²) in [7, 11) is 0. The van der Waals surface area contributed by atoms with Crippen LogP contribution in [0.2, 0.25) is 0 Å². The van der Waals surface area contributed by atoms with E-state index in [9.17, 15) is 9.59 Å². The Labute approximate surface area is 136 Å². The molecule has 0 saturated heterocycles. The second-order valence-corrected chi connectivity index (χ2v) is 6.36. The van der Waals surface area contributed by atoms with Crippen molar-refractivity contribution in [2.45, 2.75) is 25.8 Å². The van der Waals surface area contributed by atoms with Crippen LogP contribution in [-0.4, -0.2) is 30.4 Å². The molecule has 0 aromatic heterocycles. The van der Waals surface area contributed by atoms with E-state index in [1.165, 1.54) is 0 Å². The molecule has 0 aliphatic heterocycles. The summed E-state index contributed by atoms with van der Waals surface area (Å²) in [6, 6.07) is 13.8. The zero-order valence-electron chi connectivity index (χ0n) is 13.6. The molecular formula is C18H23N3O2. The molecule has 5 heteroatoms. The average Bonchev–Trinajstić information content (AvgIpc) is 2.50. The highest BCUT2D eigenvalue weighted by atomic mass is 16.2. The van der Waals surface area contributed by atoms with Crippen LogP contribution in [-0.2, 0) is 16.0 Å². The normalized spacial score (nSPS) is 11.3. The van der Waals surface area contributed by atoms with Gasteiger partial charge < -0.3 is 16.4 Å². The standard InChI is InChI=1S/C18H23N3O2/c1-18(2,19)12-21-17(23)11-20-16(22)10-14-8-5-7-13-6-3-4-9-15(13)14/h3-9H,10-12,19H2,1-2H3,(H,20,22)(H,21,23). The number of fused-ring (bicyclic) bond motifs is 1. The van der Waals surface area contributed by atoms with E-state index in [1.54, 1.807) is 0 Å². The maximum Gasteiger partial charge on any atom is 0.239 e. The van der Waals surface area contributed by atoms with E-state index in [2.05, 4.69) is 10.6 Å². The van der Waals surface area contributed by atoms with Crippen molar-refractivity contribution in [3.63, 3.8) is 0 Å². The monoisotopic (exact) mass is 313 g/mol. The Morgan fingerprint density at radius 1 is 1.00 bits per heavy atom. The topological polar surface area (TPSA) is 84.2 Å². The molecule has 0 radical (unpaired) electrons. The third kappa shape index (κ3) is 5.38. The molecule has 0 atom stereocenters. The number of rotatable bonds is 6. The van der Waals surface area contributed by atoms with E-state index in [-0.39, 0.29) is 24.8 Å². The molecule has 0 spiro atoms. The smallest absolute Gasteiger partial charge is 0.239 e. The van der Waals surface area contributed by atoms with Crippen LogP contribution in [0.25, 0.3) is 10.8 Å². The van der Waals surface area contributed by atoms with Crippen molar-refractivity contribution in [2.24, 2.45) is 5.73 Å². The molecule has 0 aliphatic rings. The maximum absolute atomic E-state index is 12.0. The van der Waals surface area contributed by atoms with E-state index in [1.807, 2.05) is 56.3 Å². The fraction of sp³-hybridized carbons (Fsp3) is 0.333. The first kappa shape index (κ1) is 17.0. The minimum absolute atomic E-state index is 0.0420. The van der Waals surface area contributed by atoms with Gasteiger partial charge in [-0.1, -0.05) is 42.5 Å². The summed E-state index contributed by atoms with van der Waals surface area (Å²) in [6.07, 6.45) is 0.247. The molecule has 5 nitrogen and oxygen atoms in total. The Balaban J connectivity index is 1.88. The van der Waals surface area contributed by atoms with Crippen molar-refractivity contribution < 1.29 is 9.59 Å². The van der Waals surface area contributed by atoms with E-state index < -0.39 is 5.54 Å². The van der Waals surface area contributed by atoms with Crippen LogP contribution in [0, 0.1) is 0 Å². The summed E-state index contributed by atoms with van der Waals surface area (Å²) < 4.78 is 0. The highest BCUT2D eigenvalue weighted by Gasteiger charge is 2.13. The van der Waals surface area contributed by atoms with Crippen LogP contribution in [0.1, 0.15) is 19.4 Å². The SMILES string of the molecule is CC(C)(N)CNC(=O)CNC(=O)Cc1cccc2ccccc12. The molecule has 0 unspecified atom stereocenters. The van der Waals surface area contributed by atoms with Gasteiger partial charge in [0, 0.05) is 12.1 Å². The van der Waals surface area contributed by atoms with Crippen LogP contribution in [0.3, 0.4) is 0 Å². The fourth-order valence-electron chi connectivity index (χ4n) is 2.25. The van der Waals surface area contributed by atoms with Crippen molar-refractivity contribution in [2.75, 3.05) is 13.1 Å². The van der Waals surface area contributed by atoms with Crippen molar-refractivity contribution in [3.8, 4) is 0 Å². The van der Waals surface area contributed by atoms with Gasteiger partial charge in [-0.15, -0.1) is 0 Å².